The van der Waals surface area contributed by atoms with Crippen molar-refractivity contribution < 1.29 is 14.4 Å². The maximum Gasteiger partial charge on any atom is 0.270 e. The van der Waals surface area contributed by atoms with E-state index in [1.165, 1.54) is 10.6 Å². The summed E-state index contributed by atoms with van der Waals surface area (Å²) in [5.41, 5.74) is 3.34. The average molecular weight is 513 g/mol. The van der Waals surface area contributed by atoms with Gasteiger partial charge in [0.15, 0.2) is 0 Å². The van der Waals surface area contributed by atoms with Gasteiger partial charge in [-0.2, -0.15) is 0 Å². The van der Waals surface area contributed by atoms with Crippen LogP contribution < -0.4 is 0 Å². The molecule has 3 rings (SSSR count). The number of aromatic amines is 1. The van der Waals surface area contributed by atoms with Gasteiger partial charge in [-0.05, 0) is 82.6 Å². The maximum atomic E-state index is 12.8. The van der Waals surface area contributed by atoms with E-state index in [0.29, 0.717) is 23.8 Å². The van der Waals surface area contributed by atoms with Crippen LogP contribution in [0.25, 0.3) is 10.9 Å². The topological polar surface area (TPSA) is 68.9 Å². The fraction of sp³-hybridized carbons (Fsp3) is 0.429. The lowest BCUT2D eigenvalue weighted by atomic mass is 10.1. The lowest BCUT2D eigenvalue weighted by Gasteiger charge is -2.26. The van der Waals surface area contributed by atoms with Gasteiger partial charge < -0.3 is 14.8 Å². The molecule has 36 heavy (non-hydrogen) atoms. The number of fused-ring (bicyclic) bond motifs is 1. The summed E-state index contributed by atoms with van der Waals surface area (Å²) in [6.07, 6.45) is 2.70. The molecule has 0 spiro atoms. The van der Waals surface area contributed by atoms with Gasteiger partial charge in [-0.25, -0.2) is 5.06 Å². The molecule has 0 atom stereocenters. The Morgan fingerprint density at radius 3 is 2.36 bits per heavy atom. The second-order valence-corrected chi connectivity index (χ2v) is 10.7. The van der Waals surface area contributed by atoms with Gasteiger partial charge in [0.2, 0.25) is 6.41 Å². The predicted molar refractivity (Wildman–Crippen MR) is 145 cm³/mol. The molecule has 8 heteroatoms. The van der Waals surface area contributed by atoms with Gasteiger partial charge in [-0.3, -0.25) is 14.4 Å². The molecule has 194 valence electrons. The first-order chi connectivity index (χ1) is 17.0. The van der Waals surface area contributed by atoms with E-state index in [4.69, 9.17) is 16.4 Å². The van der Waals surface area contributed by atoms with Crippen molar-refractivity contribution in [3.05, 3.63) is 70.4 Å². The molecule has 0 aliphatic carbocycles. The van der Waals surface area contributed by atoms with E-state index in [-0.39, 0.29) is 5.91 Å². The molecule has 0 saturated heterocycles. The van der Waals surface area contributed by atoms with E-state index in [9.17, 15) is 9.59 Å². The zero-order valence-electron chi connectivity index (χ0n) is 21.9. The van der Waals surface area contributed by atoms with Crippen LogP contribution in [0.3, 0.4) is 0 Å². The standard InChI is InChI=1S/C28H37ClN4O3/c1-28(2,3)36-33(20-34)19-22-10-8-21(9-11-22)7-6-14-31(4)15-16-32(5)27(35)26-18-23-17-24(29)12-13-25(23)30-26/h8-13,17-18,20,30H,6-7,14-16,19H2,1-5H3. The third kappa shape index (κ3) is 8.36. The Hall–Kier alpha value is -2.87. The van der Waals surface area contributed by atoms with Crippen LogP contribution in [0.1, 0.15) is 48.8 Å². The number of H-pyrrole nitrogens is 1. The minimum Gasteiger partial charge on any atom is -0.351 e. The zero-order valence-corrected chi connectivity index (χ0v) is 22.6. The van der Waals surface area contributed by atoms with Crippen molar-refractivity contribution in [3.63, 3.8) is 0 Å². The Labute approximate surface area is 218 Å². The van der Waals surface area contributed by atoms with Crippen LogP contribution in [0, 0.1) is 0 Å². The summed E-state index contributed by atoms with van der Waals surface area (Å²) in [6, 6.07) is 15.7. The number of likely N-dealkylation sites (N-methyl/N-ethyl adjacent to an activating group) is 2. The number of amides is 2. The molecule has 1 heterocycles. The number of halogens is 1. The normalized spacial score (nSPS) is 11.8. The molecule has 0 unspecified atom stereocenters. The molecule has 0 fully saturated rings. The number of aromatic nitrogens is 1. The van der Waals surface area contributed by atoms with Crippen molar-refractivity contribution in [2.75, 3.05) is 33.7 Å². The highest BCUT2D eigenvalue weighted by Gasteiger charge is 2.17. The fourth-order valence-corrected chi connectivity index (χ4v) is 4.13. The Kier molecular flexibility index (Phi) is 9.54. The highest BCUT2D eigenvalue weighted by molar-refractivity contribution is 6.31. The molecule has 0 bridgehead atoms. The summed E-state index contributed by atoms with van der Waals surface area (Å²) in [7, 11) is 3.91. The number of hydrogen-bond acceptors (Lipinski definition) is 4. The van der Waals surface area contributed by atoms with E-state index in [1.807, 2.05) is 64.2 Å². The van der Waals surface area contributed by atoms with Crippen LogP contribution in [0.15, 0.2) is 48.5 Å². The Balaban J connectivity index is 1.39. The van der Waals surface area contributed by atoms with E-state index >= 15 is 0 Å². The smallest absolute Gasteiger partial charge is 0.270 e. The van der Waals surface area contributed by atoms with Crippen molar-refractivity contribution in [1.82, 2.24) is 19.8 Å². The molecule has 3 aromatic rings. The SMILES string of the molecule is CN(CCCc1ccc(CN(C=O)OC(C)(C)C)cc1)CCN(C)C(=O)c1cc2cc(Cl)ccc2[nH]1. The molecule has 2 amide bonds. The van der Waals surface area contributed by atoms with Crippen LogP contribution in [0.4, 0.5) is 0 Å². The number of hydroxylamine groups is 2. The molecular weight excluding hydrogens is 476 g/mol. The number of nitrogens with one attached hydrogen (secondary N) is 1. The first-order valence-corrected chi connectivity index (χ1v) is 12.6. The number of nitrogens with zero attached hydrogens (tertiary/aromatic N) is 3. The van der Waals surface area contributed by atoms with Gasteiger partial charge in [-0.15, -0.1) is 0 Å². The second-order valence-electron chi connectivity index (χ2n) is 10.2. The monoisotopic (exact) mass is 512 g/mol. The largest absolute Gasteiger partial charge is 0.351 e. The number of hydrogen-bond donors (Lipinski definition) is 1. The average Bonchev–Trinajstić information content (AvgIpc) is 3.25. The van der Waals surface area contributed by atoms with Gasteiger partial charge in [0.05, 0.1) is 12.1 Å². The van der Waals surface area contributed by atoms with E-state index in [1.54, 1.807) is 4.90 Å². The lowest BCUT2D eigenvalue weighted by molar-refractivity contribution is -0.220. The Bertz CT molecular complexity index is 1150. The summed E-state index contributed by atoms with van der Waals surface area (Å²) in [4.78, 5) is 36.9. The highest BCUT2D eigenvalue weighted by Crippen LogP contribution is 2.21. The first-order valence-electron chi connectivity index (χ1n) is 12.3. The van der Waals surface area contributed by atoms with Gasteiger partial charge in [0.25, 0.3) is 5.91 Å². The van der Waals surface area contributed by atoms with E-state index in [0.717, 1.165) is 48.8 Å². The number of benzene rings is 2. The second kappa shape index (κ2) is 12.4. The van der Waals surface area contributed by atoms with Crippen LogP contribution >= 0.6 is 11.6 Å². The minimum absolute atomic E-state index is 0.0307. The number of carbonyl (C=O) groups excluding carboxylic acids is 2. The summed E-state index contributed by atoms with van der Waals surface area (Å²) < 4.78 is 0. The molecule has 0 aliphatic rings. The van der Waals surface area contributed by atoms with E-state index in [2.05, 4.69) is 29.1 Å². The molecule has 0 saturated carbocycles. The minimum atomic E-state index is -0.416. The molecule has 2 aromatic carbocycles. The molecule has 0 radical (unpaired) electrons. The lowest BCUT2D eigenvalue weighted by Crippen LogP contribution is -2.35. The molecular formula is C28H37ClN4O3. The quantitative estimate of drug-likeness (QED) is 0.269. The predicted octanol–water partition coefficient (Wildman–Crippen LogP) is 5.15. The third-order valence-corrected chi connectivity index (χ3v) is 6.09. The van der Waals surface area contributed by atoms with Gasteiger partial charge in [0, 0.05) is 36.1 Å². The fourth-order valence-electron chi connectivity index (χ4n) is 3.95. The van der Waals surface area contributed by atoms with Crippen LogP contribution in [-0.2, 0) is 22.6 Å². The molecule has 1 N–H and O–H groups in total. The molecule has 7 nitrogen and oxygen atoms in total. The van der Waals surface area contributed by atoms with Crippen molar-refractivity contribution in [1.29, 1.82) is 0 Å². The number of carbonyl (C=O) groups is 2. The summed E-state index contributed by atoms with van der Waals surface area (Å²) >= 11 is 6.05. The van der Waals surface area contributed by atoms with E-state index < -0.39 is 5.60 Å². The van der Waals surface area contributed by atoms with Gasteiger partial charge in [0.1, 0.15) is 5.69 Å². The summed E-state index contributed by atoms with van der Waals surface area (Å²) in [6.45, 7) is 8.54. The molecule has 0 aliphatic heterocycles. The summed E-state index contributed by atoms with van der Waals surface area (Å²) in [5, 5.41) is 2.92. The number of rotatable bonds is 12. The van der Waals surface area contributed by atoms with Crippen LogP contribution in [-0.4, -0.2) is 71.5 Å². The van der Waals surface area contributed by atoms with Crippen molar-refractivity contribution >= 4 is 34.8 Å². The summed E-state index contributed by atoms with van der Waals surface area (Å²) in [5.74, 6) is -0.0307. The Morgan fingerprint density at radius 1 is 1.00 bits per heavy atom. The first kappa shape index (κ1) is 27.7. The third-order valence-electron chi connectivity index (χ3n) is 5.85. The highest BCUT2D eigenvalue weighted by atomic mass is 35.5. The maximum absolute atomic E-state index is 12.8. The Morgan fingerprint density at radius 2 is 1.69 bits per heavy atom. The van der Waals surface area contributed by atoms with Crippen molar-refractivity contribution in [2.45, 2.75) is 45.8 Å². The zero-order chi connectivity index (χ0) is 26.3. The number of aryl methyl sites for hydroxylation is 1. The van der Waals surface area contributed by atoms with Crippen LogP contribution in [0.2, 0.25) is 5.02 Å². The van der Waals surface area contributed by atoms with Crippen molar-refractivity contribution in [2.24, 2.45) is 0 Å². The van der Waals surface area contributed by atoms with Gasteiger partial charge >= 0.3 is 0 Å². The molecule has 1 aromatic heterocycles. The van der Waals surface area contributed by atoms with Crippen molar-refractivity contribution in [3.8, 4) is 0 Å². The van der Waals surface area contributed by atoms with Crippen LogP contribution in [0.5, 0.6) is 0 Å². The van der Waals surface area contributed by atoms with Gasteiger partial charge in [-0.1, -0.05) is 35.9 Å².